The molecule has 1 aromatic heterocycles. The molecule has 1 saturated heterocycles. The third-order valence-electron chi connectivity index (χ3n) is 2.63. The van der Waals surface area contributed by atoms with Gasteiger partial charge in [0.1, 0.15) is 6.26 Å². The average molecular weight is 238 g/mol. The topological polar surface area (TPSA) is 71.8 Å². The first-order chi connectivity index (χ1) is 8.22. The van der Waals surface area contributed by atoms with Crippen LogP contribution in [0.5, 0.6) is 5.75 Å². The van der Waals surface area contributed by atoms with Crippen LogP contribution in [0.4, 0.5) is 0 Å². The van der Waals surface area contributed by atoms with Crippen molar-refractivity contribution in [3.05, 3.63) is 28.3 Å². The first-order valence-corrected chi connectivity index (χ1v) is 5.39. The first kappa shape index (κ1) is 11.7. The molecule has 2 rings (SSSR count). The summed E-state index contributed by atoms with van der Waals surface area (Å²) in [6.07, 6.45) is 1.16. The van der Waals surface area contributed by atoms with Gasteiger partial charge in [-0.3, -0.25) is 9.59 Å². The van der Waals surface area contributed by atoms with Crippen LogP contribution in [0.3, 0.4) is 0 Å². The molecule has 1 amide bonds. The van der Waals surface area contributed by atoms with Gasteiger partial charge in [-0.15, -0.1) is 0 Å². The van der Waals surface area contributed by atoms with Crippen LogP contribution in [0.25, 0.3) is 0 Å². The van der Waals surface area contributed by atoms with Crippen molar-refractivity contribution in [3.8, 4) is 5.75 Å². The van der Waals surface area contributed by atoms with Gasteiger partial charge in [-0.1, -0.05) is 0 Å². The molecule has 0 saturated carbocycles. The van der Waals surface area contributed by atoms with E-state index >= 15 is 0 Å². The zero-order chi connectivity index (χ0) is 12.3. The van der Waals surface area contributed by atoms with E-state index in [0.29, 0.717) is 13.1 Å². The summed E-state index contributed by atoms with van der Waals surface area (Å²) in [6, 6.07) is 1.17. The minimum atomic E-state index is -0.350. The number of carbonyl (C=O) groups excluding carboxylic acids is 1. The van der Waals surface area contributed by atoms with Crippen molar-refractivity contribution in [2.75, 3.05) is 33.3 Å². The van der Waals surface area contributed by atoms with Crippen LogP contribution in [0.15, 0.2) is 21.5 Å². The van der Waals surface area contributed by atoms with E-state index in [4.69, 9.17) is 9.15 Å². The predicted octanol–water partition coefficient (Wildman–Crippen LogP) is -0.306. The highest BCUT2D eigenvalue weighted by atomic mass is 16.5. The molecule has 0 radical (unpaired) electrons. The van der Waals surface area contributed by atoms with Gasteiger partial charge in [-0.05, 0) is 0 Å². The molecular formula is C11H14N2O4. The molecule has 1 aliphatic heterocycles. The molecule has 0 unspecified atom stereocenters. The van der Waals surface area contributed by atoms with E-state index in [1.165, 1.54) is 13.2 Å². The Morgan fingerprint density at radius 2 is 2.18 bits per heavy atom. The Kier molecular flexibility index (Phi) is 3.43. The summed E-state index contributed by atoms with van der Waals surface area (Å²) >= 11 is 0. The van der Waals surface area contributed by atoms with E-state index in [1.54, 1.807) is 4.90 Å². The molecule has 1 fully saturated rings. The van der Waals surface area contributed by atoms with Gasteiger partial charge in [0.25, 0.3) is 5.91 Å². The molecule has 0 spiro atoms. The zero-order valence-corrected chi connectivity index (χ0v) is 9.56. The summed E-state index contributed by atoms with van der Waals surface area (Å²) < 4.78 is 9.89. The van der Waals surface area contributed by atoms with Crippen LogP contribution >= 0.6 is 0 Å². The quantitative estimate of drug-likeness (QED) is 0.765. The van der Waals surface area contributed by atoms with Crippen LogP contribution in [0, 0.1) is 0 Å². The Morgan fingerprint density at radius 3 is 2.76 bits per heavy atom. The molecule has 2 heterocycles. The fraction of sp³-hybridized carbons (Fsp3) is 0.455. The molecule has 0 aliphatic carbocycles. The Morgan fingerprint density at radius 1 is 1.47 bits per heavy atom. The molecule has 6 nitrogen and oxygen atoms in total. The van der Waals surface area contributed by atoms with Crippen molar-refractivity contribution in [1.82, 2.24) is 10.2 Å². The Balaban J connectivity index is 2.19. The molecule has 1 aliphatic rings. The molecule has 17 heavy (non-hydrogen) atoms. The van der Waals surface area contributed by atoms with Gasteiger partial charge in [-0.2, -0.15) is 0 Å². The molecule has 0 atom stereocenters. The highest BCUT2D eigenvalue weighted by molar-refractivity contribution is 5.91. The smallest absolute Gasteiger partial charge is 0.289 e. The van der Waals surface area contributed by atoms with E-state index in [-0.39, 0.29) is 22.8 Å². The van der Waals surface area contributed by atoms with Gasteiger partial charge in [-0.25, -0.2) is 0 Å². The highest BCUT2D eigenvalue weighted by Gasteiger charge is 2.20. The third-order valence-corrected chi connectivity index (χ3v) is 2.63. The van der Waals surface area contributed by atoms with Gasteiger partial charge in [0, 0.05) is 32.2 Å². The van der Waals surface area contributed by atoms with E-state index in [0.717, 1.165) is 19.4 Å². The van der Waals surface area contributed by atoms with Crippen LogP contribution < -0.4 is 15.5 Å². The number of methoxy groups -OCH3 is 1. The minimum Gasteiger partial charge on any atom is -0.490 e. The second kappa shape index (κ2) is 5.01. The number of nitrogens with one attached hydrogen (secondary N) is 1. The summed E-state index contributed by atoms with van der Waals surface area (Å²) in [6.45, 7) is 2.75. The monoisotopic (exact) mass is 238 g/mol. The van der Waals surface area contributed by atoms with Crippen molar-refractivity contribution in [3.63, 3.8) is 0 Å². The number of rotatable bonds is 2. The van der Waals surface area contributed by atoms with Crippen LogP contribution in [-0.4, -0.2) is 44.1 Å². The highest BCUT2D eigenvalue weighted by Crippen LogP contribution is 2.08. The molecule has 6 heteroatoms. The van der Waals surface area contributed by atoms with Crippen molar-refractivity contribution >= 4 is 5.91 Å². The number of nitrogens with zero attached hydrogens (tertiary/aromatic N) is 1. The van der Waals surface area contributed by atoms with E-state index in [9.17, 15) is 9.59 Å². The summed E-state index contributed by atoms with van der Waals surface area (Å²) in [4.78, 5) is 25.1. The summed E-state index contributed by atoms with van der Waals surface area (Å²) in [5.41, 5.74) is -0.350. The van der Waals surface area contributed by atoms with Gasteiger partial charge < -0.3 is 19.4 Å². The summed E-state index contributed by atoms with van der Waals surface area (Å²) in [5.74, 6) is -0.106. The fourth-order valence-electron chi connectivity index (χ4n) is 1.68. The van der Waals surface area contributed by atoms with Crippen LogP contribution in [0.2, 0.25) is 0 Å². The van der Waals surface area contributed by atoms with Gasteiger partial charge in [0.2, 0.25) is 11.2 Å². The van der Waals surface area contributed by atoms with E-state index < -0.39 is 0 Å². The van der Waals surface area contributed by atoms with Crippen LogP contribution in [-0.2, 0) is 0 Å². The molecule has 1 aromatic rings. The largest absolute Gasteiger partial charge is 0.490 e. The van der Waals surface area contributed by atoms with Gasteiger partial charge >= 0.3 is 0 Å². The normalized spacial score (nSPS) is 15.7. The number of hydrogen-bond acceptors (Lipinski definition) is 5. The lowest BCUT2D eigenvalue weighted by Gasteiger charge is -2.26. The minimum absolute atomic E-state index is 0.0534. The molecule has 1 N–H and O–H groups in total. The number of ether oxygens (including phenoxy) is 1. The number of carbonyl (C=O) groups is 1. The lowest BCUT2D eigenvalue weighted by molar-refractivity contribution is 0.0700. The molecule has 0 aromatic carbocycles. The Bertz CT molecular complexity index is 463. The standard InChI is InChI=1S/C11H14N2O4/c1-16-10-7-17-9(6-8(10)14)11(15)13-4-2-12-3-5-13/h6-7,12H,2-5H2,1H3. The molecule has 92 valence electrons. The predicted molar refractivity (Wildman–Crippen MR) is 60.3 cm³/mol. The third kappa shape index (κ3) is 2.47. The van der Waals surface area contributed by atoms with Crippen molar-refractivity contribution in [2.24, 2.45) is 0 Å². The van der Waals surface area contributed by atoms with Crippen LogP contribution in [0.1, 0.15) is 10.6 Å². The van der Waals surface area contributed by atoms with Crippen molar-refractivity contribution < 1.29 is 13.9 Å². The SMILES string of the molecule is COc1coc(C(=O)N2CCNCC2)cc1=O. The van der Waals surface area contributed by atoms with Gasteiger partial charge in [0.15, 0.2) is 5.76 Å². The van der Waals surface area contributed by atoms with E-state index in [2.05, 4.69) is 5.32 Å². The number of amides is 1. The first-order valence-electron chi connectivity index (χ1n) is 5.39. The lowest BCUT2D eigenvalue weighted by Crippen LogP contribution is -2.46. The molecule has 0 bridgehead atoms. The fourth-order valence-corrected chi connectivity index (χ4v) is 1.68. The van der Waals surface area contributed by atoms with Crippen molar-refractivity contribution in [2.45, 2.75) is 0 Å². The van der Waals surface area contributed by atoms with Crippen molar-refractivity contribution in [1.29, 1.82) is 0 Å². The average Bonchev–Trinajstić information content (AvgIpc) is 2.39. The summed E-state index contributed by atoms with van der Waals surface area (Å²) in [5, 5.41) is 3.14. The second-order valence-corrected chi connectivity index (χ2v) is 3.72. The number of piperazine rings is 1. The zero-order valence-electron chi connectivity index (χ0n) is 9.56. The lowest BCUT2D eigenvalue weighted by atomic mass is 10.3. The maximum atomic E-state index is 12.0. The maximum absolute atomic E-state index is 12.0. The summed E-state index contributed by atoms with van der Waals surface area (Å²) in [7, 11) is 1.38. The maximum Gasteiger partial charge on any atom is 0.289 e. The second-order valence-electron chi connectivity index (χ2n) is 3.72. The Hall–Kier alpha value is -1.82. The van der Waals surface area contributed by atoms with E-state index in [1.807, 2.05) is 0 Å². The van der Waals surface area contributed by atoms with Gasteiger partial charge in [0.05, 0.1) is 7.11 Å². The Labute approximate surface area is 98.2 Å². The molecular weight excluding hydrogens is 224 g/mol. The number of hydrogen-bond donors (Lipinski definition) is 1.